The first kappa shape index (κ1) is 14.0. The van der Waals surface area contributed by atoms with Gasteiger partial charge in [-0.25, -0.2) is 0 Å². The third-order valence-electron chi connectivity index (χ3n) is 3.47. The molecule has 1 fully saturated rings. The SMILES string of the molecule is CC(C)CCCC(C)CC1OC(C)C(C)O1. The van der Waals surface area contributed by atoms with E-state index in [1.165, 1.54) is 19.3 Å². The second-order valence-electron chi connectivity index (χ2n) is 5.78. The lowest BCUT2D eigenvalue weighted by Crippen LogP contribution is -2.14. The third-order valence-corrected chi connectivity index (χ3v) is 3.47. The zero-order valence-corrected chi connectivity index (χ0v) is 11.5. The van der Waals surface area contributed by atoms with Gasteiger partial charge in [0.05, 0.1) is 12.2 Å². The standard InChI is InChI=1S/C14H28O2/c1-10(2)7-6-8-11(3)9-14-15-12(4)13(5)16-14/h10-14H,6-9H2,1-5H3. The second kappa shape index (κ2) is 6.61. The molecule has 0 aromatic heterocycles. The topological polar surface area (TPSA) is 18.5 Å². The van der Waals surface area contributed by atoms with Crippen molar-refractivity contribution < 1.29 is 9.47 Å². The van der Waals surface area contributed by atoms with E-state index in [4.69, 9.17) is 9.47 Å². The minimum absolute atomic E-state index is 0.0408. The van der Waals surface area contributed by atoms with Crippen molar-refractivity contribution >= 4 is 0 Å². The molecule has 0 N–H and O–H groups in total. The molecular weight excluding hydrogens is 200 g/mol. The van der Waals surface area contributed by atoms with Gasteiger partial charge in [-0.05, 0) is 25.7 Å². The Morgan fingerprint density at radius 2 is 1.50 bits per heavy atom. The summed E-state index contributed by atoms with van der Waals surface area (Å²) in [6, 6.07) is 0. The van der Waals surface area contributed by atoms with Gasteiger partial charge in [-0.15, -0.1) is 0 Å². The fourth-order valence-electron chi connectivity index (χ4n) is 2.16. The lowest BCUT2D eigenvalue weighted by atomic mass is 9.97. The van der Waals surface area contributed by atoms with E-state index in [2.05, 4.69) is 34.6 Å². The van der Waals surface area contributed by atoms with Gasteiger partial charge in [0.2, 0.25) is 0 Å². The van der Waals surface area contributed by atoms with Crippen molar-refractivity contribution in [2.24, 2.45) is 11.8 Å². The van der Waals surface area contributed by atoms with Gasteiger partial charge in [0.1, 0.15) is 0 Å². The first-order chi connectivity index (χ1) is 7.49. The Bertz CT molecular complexity index is 181. The molecule has 96 valence electrons. The molecule has 0 aromatic rings. The van der Waals surface area contributed by atoms with Gasteiger partial charge in [-0.3, -0.25) is 0 Å². The molecule has 0 saturated carbocycles. The van der Waals surface area contributed by atoms with Gasteiger partial charge in [0.25, 0.3) is 0 Å². The van der Waals surface area contributed by atoms with Crippen molar-refractivity contribution in [3.05, 3.63) is 0 Å². The molecule has 1 aliphatic rings. The van der Waals surface area contributed by atoms with E-state index in [-0.39, 0.29) is 18.5 Å². The van der Waals surface area contributed by atoms with E-state index >= 15 is 0 Å². The maximum atomic E-state index is 5.75. The minimum Gasteiger partial charge on any atom is -0.347 e. The zero-order valence-electron chi connectivity index (χ0n) is 11.5. The van der Waals surface area contributed by atoms with Crippen molar-refractivity contribution in [1.82, 2.24) is 0 Å². The second-order valence-corrected chi connectivity index (χ2v) is 5.78. The van der Waals surface area contributed by atoms with Crippen LogP contribution >= 0.6 is 0 Å². The van der Waals surface area contributed by atoms with Gasteiger partial charge in [0.15, 0.2) is 6.29 Å². The van der Waals surface area contributed by atoms with Crippen LogP contribution in [0.2, 0.25) is 0 Å². The average Bonchev–Trinajstić information content (AvgIpc) is 2.44. The van der Waals surface area contributed by atoms with Gasteiger partial charge in [-0.1, -0.05) is 40.0 Å². The number of hydrogen-bond donors (Lipinski definition) is 0. The molecule has 1 rings (SSSR count). The van der Waals surface area contributed by atoms with E-state index in [1.54, 1.807) is 0 Å². The molecular formula is C14H28O2. The molecule has 2 heteroatoms. The molecule has 1 saturated heterocycles. The summed E-state index contributed by atoms with van der Waals surface area (Å²) in [5.74, 6) is 1.53. The summed E-state index contributed by atoms with van der Waals surface area (Å²) in [7, 11) is 0. The van der Waals surface area contributed by atoms with Crippen molar-refractivity contribution in [2.75, 3.05) is 0 Å². The number of ether oxygens (including phenoxy) is 2. The summed E-state index contributed by atoms with van der Waals surface area (Å²) in [4.78, 5) is 0. The predicted octanol–water partition coefficient (Wildman–Crippen LogP) is 3.99. The molecule has 1 heterocycles. The van der Waals surface area contributed by atoms with Crippen LogP contribution in [-0.2, 0) is 9.47 Å². The van der Waals surface area contributed by atoms with E-state index < -0.39 is 0 Å². The third kappa shape index (κ3) is 4.84. The molecule has 0 spiro atoms. The molecule has 2 nitrogen and oxygen atoms in total. The van der Waals surface area contributed by atoms with Crippen LogP contribution in [0, 0.1) is 11.8 Å². The maximum Gasteiger partial charge on any atom is 0.158 e. The van der Waals surface area contributed by atoms with Crippen LogP contribution in [0.1, 0.15) is 60.3 Å². The Balaban J connectivity index is 2.12. The highest BCUT2D eigenvalue weighted by atomic mass is 16.7. The van der Waals surface area contributed by atoms with Gasteiger partial charge < -0.3 is 9.47 Å². The lowest BCUT2D eigenvalue weighted by molar-refractivity contribution is -0.0755. The molecule has 3 atom stereocenters. The highest BCUT2D eigenvalue weighted by Crippen LogP contribution is 2.25. The van der Waals surface area contributed by atoms with Crippen LogP contribution in [0.5, 0.6) is 0 Å². The highest BCUT2D eigenvalue weighted by Gasteiger charge is 2.30. The normalized spacial score (nSPS) is 32.2. The smallest absolute Gasteiger partial charge is 0.158 e. The summed E-state index contributed by atoms with van der Waals surface area (Å²) in [6.45, 7) is 11.1. The molecule has 1 aliphatic heterocycles. The lowest BCUT2D eigenvalue weighted by Gasteiger charge is -2.16. The fourth-order valence-corrected chi connectivity index (χ4v) is 2.16. The van der Waals surface area contributed by atoms with Gasteiger partial charge in [0, 0.05) is 6.42 Å². The van der Waals surface area contributed by atoms with Crippen LogP contribution < -0.4 is 0 Å². The van der Waals surface area contributed by atoms with E-state index in [0.717, 1.165) is 12.3 Å². The quantitative estimate of drug-likeness (QED) is 0.684. The molecule has 0 aromatic carbocycles. The molecule has 0 amide bonds. The van der Waals surface area contributed by atoms with Crippen molar-refractivity contribution in [3.63, 3.8) is 0 Å². The van der Waals surface area contributed by atoms with E-state index in [1.807, 2.05) is 0 Å². The number of rotatable bonds is 6. The molecule has 16 heavy (non-hydrogen) atoms. The molecule has 0 radical (unpaired) electrons. The first-order valence-electron chi connectivity index (χ1n) is 6.80. The van der Waals surface area contributed by atoms with E-state index in [0.29, 0.717) is 5.92 Å². The summed E-state index contributed by atoms with van der Waals surface area (Å²) < 4.78 is 11.5. The van der Waals surface area contributed by atoms with E-state index in [9.17, 15) is 0 Å². The van der Waals surface area contributed by atoms with Crippen molar-refractivity contribution in [2.45, 2.75) is 78.8 Å². The largest absolute Gasteiger partial charge is 0.347 e. The molecule has 3 unspecified atom stereocenters. The summed E-state index contributed by atoms with van der Waals surface area (Å²) in [5.41, 5.74) is 0. The zero-order chi connectivity index (χ0) is 12.1. The van der Waals surface area contributed by atoms with Gasteiger partial charge >= 0.3 is 0 Å². The fraction of sp³-hybridized carbons (Fsp3) is 1.00. The number of hydrogen-bond acceptors (Lipinski definition) is 2. The maximum absolute atomic E-state index is 5.75. The Morgan fingerprint density at radius 3 is 2.00 bits per heavy atom. The van der Waals surface area contributed by atoms with Crippen LogP contribution in [0.4, 0.5) is 0 Å². The average molecular weight is 228 g/mol. The molecule has 0 aliphatic carbocycles. The summed E-state index contributed by atoms with van der Waals surface area (Å²) in [5, 5.41) is 0. The van der Waals surface area contributed by atoms with Gasteiger partial charge in [-0.2, -0.15) is 0 Å². The Hall–Kier alpha value is -0.0800. The Labute approximate surface area is 101 Å². The van der Waals surface area contributed by atoms with Crippen molar-refractivity contribution in [3.8, 4) is 0 Å². The summed E-state index contributed by atoms with van der Waals surface area (Å²) in [6.07, 6.45) is 5.57. The Morgan fingerprint density at radius 1 is 0.938 bits per heavy atom. The highest BCUT2D eigenvalue weighted by molar-refractivity contribution is 4.70. The first-order valence-corrected chi connectivity index (χ1v) is 6.80. The Kier molecular flexibility index (Phi) is 5.77. The summed E-state index contributed by atoms with van der Waals surface area (Å²) >= 11 is 0. The minimum atomic E-state index is 0.0408. The van der Waals surface area contributed by atoms with Crippen LogP contribution in [-0.4, -0.2) is 18.5 Å². The van der Waals surface area contributed by atoms with Crippen LogP contribution in [0.25, 0.3) is 0 Å². The van der Waals surface area contributed by atoms with Crippen LogP contribution in [0.3, 0.4) is 0 Å². The molecule has 0 bridgehead atoms. The van der Waals surface area contributed by atoms with Crippen LogP contribution in [0.15, 0.2) is 0 Å². The van der Waals surface area contributed by atoms with Crippen molar-refractivity contribution in [1.29, 1.82) is 0 Å². The monoisotopic (exact) mass is 228 g/mol. The predicted molar refractivity (Wildman–Crippen MR) is 67.4 cm³/mol.